The highest BCUT2D eigenvalue weighted by atomic mass is 16.5. The molecule has 0 saturated carbocycles. The molecular weight excluding hydrogens is 268 g/mol. The molecule has 5 nitrogen and oxygen atoms in total. The molecule has 2 heterocycles. The summed E-state index contributed by atoms with van der Waals surface area (Å²) in [6.45, 7) is 1.56. The van der Waals surface area contributed by atoms with Gasteiger partial charge < -0.3 is 14.5 Å². The number of likely N-dealkylation sites (tertiary alicyclic amines) is 1. The predicted molar refractivity (Wildman–Crippen MR) is 77.5 cm³/mol. The zero-order chi connectivity index (χ0) is 14.8. The number of benzene rings is 1. The fourth-order valence-electron chi connectivity index (χ4n) is 3.08. The molecule has 5 heteroatoms. The van der Waals surface area contributed by atoms with Gasteiger partial charge in [0.15, 0.2) is 6.10 Å². The molecule has 2 fully saturated rings. The van der Waals surface area contributed by atoms with Gasteiger partial charge in [-0.15, -0.1) is 0 Å². The average Bonchev–Trinajstić information content (AvgIpc) is 3.04. The number of carbonyl (C=O) groups excluding carboxylic acids is 2. The lowest BCUT2D eigenvalue weighted by molar-refractivity contribution is -0.166. The molecule has 112 valence electrons. The summed E-state index contributed by atoms with van der Waals surface area (Å²) in [6, 6.07) is 9.28. The number of carbonyl (C=O) groups is 2. The van der Waals surface area contributed by atoms with E-state index in [0.29, 0.717) is 0 Å². The largest absolute Gasteiger partial charge is 0.356 e. The number of amides is 2. The molecule has 2 unspecified atom stereocenters. The molecule has 2 saturated heterocycles. The van der Waals surface area contributed by atoms with E-state index in [1.54, 1.807) is 11.9 Å². The van der Waals surface area contributed by atoms with E-state index in [4.69, 9.17) is 4.74 Å². The van der Waals surface area contributed by atoms with Crippen LogP contribution in [-0.2, 0) is 14.3 Å². The van der Waals surface area contributed by atoms with Crippen molar-refractivity contribution in [3.05, 3.63) is 35.9 Å². The summed E-state index contributed by atoms with van der Waals surface area (Å²) in [6.07, 6.45) is 1.49. The van der Waals surface area contributed by atoms with Gasteiger partial charge in [-0.05, 0) is 18.4 Å². The first-order valence-corrected chi connectivity index (χ1v) is 7.39. The number of ether oxygens (including phenoxy) is 1. The van der Waals surface area contributed by atoms with Gasteiger partial charge in [0.25, 0.3) is 5.91 Å². The third-order valence-electron chi connectivity index (χ3n) is 4.29. The molecule has 2 aliphatic heterocycles. The van der Waals surface area contributed by atoms with Crippen LogP contribution in [-0.4, -0.2) is 54.5 Å². The normalized spacial score (nSPS) is 26.2. The van der Waals surface area contributed by atoms with Gasteiger partial charge >= 0.3 is 0 Å². The minimum Gasteiger partial charge on any atom is -0.356 e. The van der Waals surface area contributed by atoms with Gasteiger partial charge in [0.05, 0.1) is 6.04 Å². The maximum absolute atomic E-state index is 12.7. The number of morpholine rings is 1. The minimum absolute atomic E-state index is 0.000651. The van der Waals surface area contributed by atoms with Crippen LogP contribution >= 0.6 is 0 Å². The van der Waals surface area contributed by atoms with Crippen molar-refractivity contribution in [3.8, 4) is 0 Å². The highest BCUT2D eigenvalue weighted by Gasteiger charge is 2.42. The first-order valence-electron chi connectivity index (χ1n) is 7.39. The van der Waals surface area contributed by atoms with Crippen molar-refractivity contribution in [3.63, 3.8) is 0 Å². The Hall–Kier alpha value is -1.88. The number of rotatable bonds is 2. The summed E-state index contributed by atoms with van der Waals surface area (Å²) < 4.78 is 5.62. The number of likely N-dealkylation sites (N-methyl/N-ethyl adjacent to an activating group) is 1. The van der Waals surface area contributed by atoms with Crippen LogP contribution in [0.5, 0.6) is 0 Å². The van der Waals surface area contributed by atoms with E-state index in [-0.39, 0.29) is 24.5 Å². The van der Waals surface area contributed by atoms with Crippen molar-refractivity contribution in [1.29, 1.82) is 0 Å². The summed E-state index contributed by atoms with van der Waals surface area (Å²) in [5.74, 6) is -0.0879. The Kier molecular flexibility index (Phi) is 3.92. The van der Waals surface area contributed by atoms with Crippen molar-refractivity contribution in [2.24, 2.45) is 0 Å². The summed E-state index contributed by atoms with van der Waals surface area (Å²) in [5, 5.41) is 0. The molecule has 0 N–H and O–H groups in total. The topological polar surface area (TPSA) is 49.9 Å². The molecule has 0 aliphatic carbocycles. The Balaban J connectivity index is 1.89. The lowest BCUT2D eigenvalue weighted by atomic mass is 9.97. The maximum Gasteiger partial charge on any atom is 0.254 e. The molecule has 0 bridgehead atoms. The van der Waals surface area contributed by atoms with Crippen LogP contribution in [0.25, 0.3) is 0 Å². The molecule has 2 aliphatic rings. The number of hydrogen-bond donors (Lipinski definition) is 0. The van der Waals surface area contributed by atoms with Gasteiger partial charge in [-0.25, -0.2) is 0 Å². The average molecular weight is 288 g/mol. The van der Waals surface area contributed by atoms with Crippen molar-refractivity contribution >= 4 is 11.8 Å². The monoisotopic (exact) mass is 288 g/mol. The van der Waals surface area contributed by atoms with Gasteiger partial charge in [-0.2, -0.15) is 0 Å². The van der Waals surface area contributed by atoms with Crippen molar-refractivity contribution < 1.29 is 14.3 Å². The van der Waals surface area contributed by atoms with E-state index in [1.807, 2.05) is 35.2 Å². The lowest BCUT2D eigenvalue weighted by Gasteiger charge is -2.39. The first-order chi connectivity index (χ1) is 10.2. The molecule has 21 heavy (non-hydrogen) atoms. The minimum atomic E-state index is -0.604. The zero-order valence-corrected chi connectivity index (χ0v) is 12.2. The van der Waals surface area contributed by atoms with Crippen LogP contribution in [0, 0.1) is 0 Å². The second kappa shape index (κ2) is 5.85. The fraction of sp³-hybridized carbons (Fsp3) is 0.500. The second-order valence-corrected chi connectivity index (χ2v) is 5.62. The fourth-order valence-corrected chi connectivity index (χ4v) is 3.08. The predicted octanol–water partition coefficient (Wildman–Crippen LogP) is 1.21. The van der Waals surface area contributed by atoms with E-state index in [1.165, 1.54) is 0 Å². The zero-order valence-electron chi connectivity index (χ0n) is 12.2. The molecular formula is C16H20N2O3. The molecule has 1 aromatic rings. The van der Waals surface area contributed by atoms with Crippen molar-refractivity contribution in [2.75, 3.05) is 26.7 Å². The van der Waals surface area contributed by atoms with Crippen molar-refractivity contribution in [1.82, 2.24) is 9.80 Å². The van der Waals surface area contributed by atoms with Crippen LogP contribution in [0.3, 0.4) is 0 Å². The summed E-state index contributed by atoms with van der Waals surface area (Å²) in [4.78, 5) is 28.1. The van der Waals surface area contributed by atoms with Gasteiger partial charge in [0.2, 0.25) is 5.91 Å². The second-order valence-electron chi connectivity index (χ2n) is 5.62. The van der Waals surface area contributed by atoms with Gasteiger partial charge in [0, 0.05) is 20.1 Å². The van der Waals surface area contributed by atoms with E-state index in [9.17, 15) is 9.59 Å². The summed E-state index contributed by atoms with van der Waals surface area (Å²) in [5.41, 5.74) is 0.936. The Morgan fingerprint density at radius 3 is 2.52 bits per heavy atom. The van der Waals surface area contributed by atoms with E-state index in [2.05, 4.69) is 0 Å². The third-order valence-corrected chi connectivity index (χ3v) is 4.29. The lowest BCUT2D eigenvalue weighted by Crippen LogP contribution is -2.53. The van der Waals surface area contributed by atoms with Gasteiger partial charge in [-0.1, -0.05) is 30.3 Å². The SMILES string of the molecule is CN1C(=O)COC(C(=O)N2CCCC2)C1c1ccccc1. The Labute approximate surface area is 124 Å². The highest BCUT2D eigenvalue weighted by molar-refractivity contribution is 5.86. The Bertz CT molecular complexity index is 526. The number of nitrogens with zero attached hydrogens (tertiary/aromatic N) is 2. The van der Waals surface area contributed by atoms with Gasteiger partial charge in [0.1, 0.15) is 6.61 Å². The molecule has 2 amide bonds. The quantitative estimate of drug-likeness (QED) is 0.822. The molecule has 1 aromatic carbocycles. The van der Waals surface area contributed by atoms with Gasteiger partial charge in [-0.3, -0.25) is 9.59 Å². The Morgan fingerprint density at radius 2 is 1.86 bits per heavy atom. The smallest absolute Gasteiger partial charge is 0.254 e. The molecule has 2 atom stereocenters. The van der Waals surface area contributed by atoms with E-state index >= 15 is 0 Å². The first kappa shape index (κ1) is 14.1. The van der Waals surface area contributed by atoms with E-state index in [0.717, 1.165) is 31.5 Å². The highest BCUT2D eigenvalue weighted by Crippen LogP contribution is 2.30. The van der Waals surface area contributed by atoms with E-state index < -0.39 is 6.10 Å². The summed E-state index contributed by atoms with van der Waals surface area (Å²) in [7, 11) is 1.74. The standard InChI is InChI=1S/C16H20N2O3/c1-17-13(19)11-21-15(16(20)18-9-5-6-10-18)14(17)12-7-3-2-4-8-12/h2-4,7-8,14-15H,5-6,9-11H2,1H3. The van der Waals surface area contributed by atoms with Crippen LogP contribution in [0.1, 0.15) is 24.4 Å². The van der Waals surface area contributed by atoms with Crippen molar-refractivity contribution in [2.45, 2.75) is 25.0 Å². The maximum atomic E-state index is 12.7. The number of hydrogen-bond acceptors (Lipinski definition) is 3. The van der Waals surface area contributed by atoms with Crippen LogP contribution in [0.4, 0.5) is 0 Å². The van der Waals surface area contributed by atoms with Crippen LogP contribution in [0.2, 0.25) is 0 Å². The molecule has 0 aromatic heterocycles. The summed E-state index contributed by atoms with van der Waals surface area (Å²) >= 11 is 0. The Morgan fingerprint density at radius 1 is 1.19 bits per heavy atom. The molecule has 3 rings (SSSR count). The van der Waals surface area contributed by atoms with Crippen LogP contribution < -0.4 is 0 Å². The molecule has 0 radical (unpaired) electrons. The molecule has 0 spiro atoms. The van der Waals surface area contributed by atoms with Crippen LogP contribution in [0.15, 0.2) is 30.3 Å². The third kappa shape index (κ3) is 2.65.